The van der Waals surface area contributed by atoms with Crippen LogP contribution >= 0.6 is 27.7 Å². The summed E-state index contributed by atoms with van der Waals surface area (Å²) in [5.74, 6) is 0.0468. The van der Waals surface area contributed by atoms with Crippen LogP contribution in [0.1, 0.15) is 16.7 Å². The van der Waals surface area contributed by atoms with Gasteiger partial charge in [0.05, 0.1) is 10.1 Å². The molecule has 1 N–H and O–H groups in total. The second-order valence-electron chi connectivity index (χ2n) is 6.23. The second kappa shape index (κ2) is 7.29. The van der Waals surface area contributed by atoms with Crippen molar-refractivity contribution < 1.29 is 4.79 Å². The highest BCUT2D eigenvalue weighted by Gasteiger charge is 2.46. The third kappa shape index (κ3) is 2.97. The van der Waals surface area contributed by atoms with Crippen molar-refractivity contribution >= 4 is 33.6 Å². The summed E-state index contributed by atoms with van der Waals surface area (Å²) in [6.45, 7) is 0. The Hall–Kier alpha value is -2.04. The molecule has 26 heavy (non-hydrogen) atoms. The van der Waals surface area contributed by atoms with E-state index in [0.717, 1.165) is 0 Å². The van der Waals surface area contributed by atoms with Crippen LogP contribution in [-0.2, 0) is 9.54 Å². The number of hydrogen-bond donors (Lipinski definition) is 1. The fourth-order valence-electron chi connectivity index (χ4n) is 3.34. The third-order valence-electron chi connectivity index (χ3n) is 4.65. The van der Waals surface area contributed by atoms with Gasteiger partial charge < -0.3 is 5.32 Å². The Kier molecular flexibility index (Phi) is 4.88. The highest BCUT2D eigenvalue weighted by atomic mass is 79.9. The molecule has 1 saturated heterocycles. The molecule has 1 heterocycles. The molecule has 3 aromatic rings. The summed E-state index contributed by atoms with van der Waals surface area (Å²) in [7, 11) is 0. The minimum absolute atomic E-state index is 0.00289. The third-order valence-corrected chi connectivity index (χ3v) is 7.64. The SMILES string of the molecule is O=C1N[C@H](SC(c2ccccc2)(c2ccccc2)c2ccccc2)[C@H]1Br. The molecular formula is C22H18BrNOS. The lowest BCUT2D eigenvalue weighted by atomic mass is 9.84. The molecule has 0 aliphatic carbocycles. The number of thioether (sulfide) groups is 1. The number of halogens is 1. The number of benzene rings is 3. The second-order valence-corrected chi connectivity index (χ2v) is 8.57. The summed E-state index contributed by atoms with van der Waals surface area (Å²) in [6.07, 6.45) is 0. The van der Waals surface area contributed by atoms with E-state index < -0.39 is 4.75 Å². The zero-order valence-corrected chi connectivity index (χ0v) is 16.4. The number of alkyl halides is 1. The summed E-state index contributed by atoms with van der Waals surface area (Å²) in [5, 5.41) is 3.04. The lowest BCUT2D eigenvalue weighted by Crippen LogP contribution is -2.58. The molecule has 0 aromatic heterocycles. The predicted octanol–water partition coefficient (Wildman–Crippen LogP) is 4.93. The van der Waals surface area contributed by atoms with Gasteiger partial charge >= 0.3 is 0 Å². The van der Waals surface area contributed by atoms with E-state index in [1.807, 2.05) is 18.2 Å². The summed E-state index contributed by atoms with van der Waals surface area (Å²) in [6, 6.07) is 31.5. The molecule has 130 valence electrons. The maximum absolute atomic E-state index is 11.8. The first-order chi connectivity index (χ1) is 12.7. The number of hydrogen-bond acceptors (Lipinski definition) is 2. The van der Waals surface area contributed by atoms with E-state index >= 15 is 0 Å². The lowest BCUT2D eigenvalue weighted by Gasteiger charge is -2.42. The molecule has 1 aliphatic rings. The molecule has 3 aromatic carbocycles. The van der Waals surface area contributed by atoms with Crippen molar-refractivity contribution in [1.82, 2.24) is 5.32 Å². The molecule has 4 heteroatoms. The largest absolute Gasteiger partial charge is 0.342 e. The highest BCUT2D eigenvalue weighted by molar-refractivity contribution is 9.10. The molecule has 0 bridgehead atoms. The molecule has 2 atom stereocenters. The highest BCUT2D eigenvalue weighted by Crippen LogP contribution is 2.51. The van der Waals surface area contributed by atoms with Gasteiger partial charge in [0.1, 0.15) is 4.83 Å². The summed E-state index contributed by atoms with van der Waals surface area (Å²) in [5.41, 5.74) is 3.59. The fraction of sp³-hybridized carbons (Fsp3) is 0.136. The van der Waals surface area contributed by atoms with Gasteiger partial charge in [-0.3, -0.25) is 4.79 Å². The monoisotopic (exact) mass is 423 g/mol. The summed E-state index contributed by atoms with van der Waals surface area (Å²) in [4.78, 5) is 11.6. The van der Waals surface area contributed by atoms with Crippen LogP contribution < -0.4 is 5.32 Å². The van der Waals surface area contributed by atoms with Crippen LogP contribution in [0.2, 0.25) is 0 Å². The normalized spacial score (nSPS) is 19.5. The molecule has 0 unspecified atom stereocenters. The van der Waals surface area contributed by atoms with E-state index in [1.165, 1.54) is 16.7 Å². The van der Waals surface area contributed by atoms with E-state index in [2.05, 4.69) is 94.0 Å². The Labute approximate surface area is 166 Å². The first kappa shape index (κ1) is 17.4. The van der Waals surface area contributed by atoms with E-state index in [-0.39, 0.29) is 16.1 Å². The quantitative estimate of drug-likeness (QED) is 0.358. The van der Waals surface area contributed by atoms with Gasteiger partial charge in [0.25, 0.3) is 0 Å². The summed E-state index contributed by atoms with van der Waals surface area (Å²) >= 11 is 5.30. The van der Waals surface area contributed by atoms with Crippen LogP contribution in [-0.4, -0.2) is 16.1 Å². The first-order valence-electron chi connectivity index (χ1n) is 8.50. The van der Waals surface area contributed by atoms with Gasteiger partial charge in [0.2, 0.25) is 5.91 Å². The minimum atomic E-state index is -0.409. The number of carbonyl (C=O) groups is 1. The maximum atomic E-state index is 11.8. The van der Waals surface area contributed by atoms with Crippen LogP contribution in [0, 0.1) is 0 Å². The van der Waals surface area contributed by atoms with Crippen LogP contribution in [0.25, 0.3) is 0 Å². The topological polar surface area (TPSA) is 29.1 Å². The van der Waals surface area contributed by atoms with Crippen LogP contribution in [0.15, 0.2) is 91.0 Å². The van der Waals surface area contributed by atoms with Crippen molar-refractivity contribution in [1.29, 1.82) is 0 Å². The van der Waals surface area contributed by atoms with Gasteiger partial charge in [-0.2, -0.15) is 0 Å². The Morgan fingerprint density at radius 1 is 0.731 bits per heavy atom. The number of nitrogens with one attached hydrogen (secondary N) is 1. The summed E-state index contributed by atoms with van der Waals surface area (Å²) < 4.78 is -0.409. The average Bonchev–Trinajstić information content (AvgIpc) is 2.73. The van der Waals surface area contributed by atoms with Crippen molar-refractivity contribution in [3.05, 3.63) is 108 Å². The van der Waals surface area contributed by atoms with Gasteiger partial charge in [-0.25, -0.2) is 0 Å². The van der Waals surface area contributed by atoms with Crippen molar-refractivity contribution in [2.24, 2.45) is 0 Å². The number of amides is 1. The van der Waals surface area contributed by atoms with Crippen LogP contribution in [0.4, 0.5) is 0 Å². The zero-order chi connectivity index (χ0) is 18.0. The van der Waals surface area contributed by atoms with Gasteiger partial charge in [-0.15, -0.1) is 11.8 Å². The zero-order valence-electron chi connectivity index (χ0n) is 14.0. The number of rotatable bonds is 5. The molecule has 1 fully saturated rings. The van der Waals surface area contributed by atoms with Crippen molar-refractivity contribution in [3.63, 3.8) is 0 Å². The molecular weight excluding hydrogens is 406 g/mol. The van der Waals surface area contributed by atoms with E-state index in [9.17, 15) is 4.79 Å². The average molecular weight is 424 g/mol. The van der Waals surface area contributed by atoms with Crippen LogP contribution in [0.3, 0.4) is 0 Å². The molecule has 0 spiro atoms. The van der Waals surface area contributed by atoms with Gasteiger partial charge in [0, 0.05) is 0 Å². The van der Waals surface area contributed by atoms with Gasteiger partial charge in [0.15, 0.2) is 0 Å². The molecule has 4 rings (SSSR count). The van der Waals surface area contributed by atoms with E-state index in [1.54, 1.807) is 11.8 Å². The Balaban J connectivity index is 1.93. The van der Waals surface area contributed by atoms with E-state index in [4.69, 9.17) is 0 Å². The predicted molar refractivity (Wildman–Crippen MR) is 111 cm³/mol. The van der Waals surface area contributed by atoms with Crippen molar-refractivity contribution in [2.75, 3.05) is 0 Å². The Morgan fingerprint density at radius 3 is 1.42 bits per heavy atom. The van der Waals surface area contributed by atoms with Gasteiger partial charge in [-0.1, -0.05) is 107 Å². The van der Waals surface area contributed by atoms with Crippen molar-refractivity contribution in [2.45, 2.75) is 14.9 Å². The van der Waals surface area contributed by atoms with Crippen molar-refractivity contribution in [3.8, 4) is 0 Å². The lowest BCUT2D eigenvalue weighted by molar-refractivity contribution is -0.125. The molecule has 2 nitrogen and oxygen atoms in total. The molecule has 0 saturated carbocycles. The Morgan fingerprint density at radius 2 is 1.12 bits per heavy atom. The minimum Gasteiger partial charge on any atom is -0.342 e. The standard InChI is InChI=1S/C22H18BrNOS/c23-19-20(25)24-21(19)26-22(16-10-4-1-5-11-16,17-12-6-2-7-13-17)18-14-8-3-9-15-18/h1-15,19,21H,(H,24,25)/t19-,21+/m0/s1. The molecule has 1 aliphatic heterocycles. The smallest absolute Gasteiger partial charge is 0.237 e. The van der Waals surface area contributed by atoms with E-state index in [0.29, 0.717) is 0 Å². The van der Waals surface area contributed by atoms with Crippen LogP contribution in [0.5, 0.6) is 0 Å². The fourth-order valence-corrected chi connectivity index (χ4v) is 5.54. The number of carbonyl (C=O) groups excluding carboxylic acids is 1. The maximum Gasteiger partial charge on any atom is 0.237 e. The first-order valence-corrected chi connectivity index (χ1v) is 10.3. The molecule has 0 radical (unpaired) electrons. The molecule has 1 amide bonds. The van der Waals surface area contributed by atoms with Gasteiger partial charge in [-0.05, 0) is 16.7 Å². The number of β-lactam (4-membered cyclic amide) rings is 1. The Bertz CT molecular complexity index is 789.